The molecule has 0 bridgehead atoms. The molecule has 1 aliphatic carbocycles. The summed E-state index contributed by atoms with van der Waals surface area (Å²) in [4.78, 5) is 16.2. The minimum atomic E-state index is -0.771. The first kappa shape index (κ1) is 14.8. The molecular weight excluding hydrogens is 304 g/mol. The van der Waals surface area contributed by atoms with Gasteiger partial charge < -0.3 is 10.4 Å². The Balaban J connectivity index is 1.76. The zero-order valence-corrected chi connectivity index (χ0v) is 13.5. The SMILES string of the molecule is CNC1(C(=O)O)CCCC(Sc2nc3ccccc3s2)C1. The van der Waals surface area contributed by atoms with Crippen molar-refractivity contribution in [1.29, 1.82) is 0 Å². The molecule has 1 aromatic carbocycles. The molecule has 1 fully saturated rings. The van der Waals surface area contributed by atoms with Gasteiger partial charge in [0.05, 0.1) is 10.2 Å². The average molecular weight is 322 g/mol. The summed E-state index contributed by atoms with van der Waals surface area (Å²) in [5.74, 6) is -0.736. The molecule has 2 unspecified atom stereocenters. The molecular formula is C15H18N2O2S2. The van der Waals surface area contributed by atoms with Gasteiger partial charge in [0.25, 0.3) is 0 Å². The summed E-state index contributed by atoms with van der Waals surface area (Å²) >= 11 is 3.42. The number of nitrogens with zero attached hydrogens (tertiary/aromatic N) is 1. The summed E-state index contributed by atoms with van der Waals surface area (Å²) in [6.45, 7) is 0. The van der Waals surface area contributed by atoms with Crippen molar-refractivity contribution in [2.45, 2.75) is 40.8 Å². The van der Waals surface area contributed by atoms with E-state index in [0.717, 1.165) is 22.7 Å². The van der Waals surface area contributed by atoms with Gasteiger partial charge in [-0.1, -0.05) is 23.9 Å². The fourth-order valence-electron chi connectivity index (χ4n) is 2.90. The Hall–Kier alpha value is -1.11. The lowest BCUT2D eigenvalue weighted by atomic mass is 9.81. The minimum Gasteiger partial charge on any atom is -0.480 e. The van der Waals surface area contributed by atoms with Gasteiger partial charge in [0.1, 0.15) is 5.54 Å². The zero-order chi connectivity index (χ0) is 14.9. The van der Waals surface area contributed by atoms with E-state index in [2.05, 4.69) is 16.4 Å². The van der Waals surface area contributed by atoms with E-state index >= 15 is 0 Å². The average Bonchev–Trinajstić information content (AvgIpc) is 2.89. The van der Waals surface area contributed by atoms with Gasteiger partial charge in [-0.25, -0.2) is 4.98 Å². The van der Waals surface area contributed by atoms with Gasteiger partial charge in [0.15, 0.2) is 4.34 Å². The summed E-state index contributed by atoms with van der Waals surface area (Å²) in [6.07, 6.45) is 3.35. The number of hydrogen-bond donors (Lipinski definition) is 2. The second-order valence-corrected chi connectivity index (χ2v) is 8.00. The fourth-order valence-corrected chi connectivity index (χ4v) is 5.55. The number of aliphatic carboxylic acids is 1. The van der Waals surface area contributed by atoms with Gasteiger partial charge >= 0.3 is 5.97 Å². The number of aromatic nitrogens is 1. The van der Waals surface area contributed by atoms with E-state index in [1.54, 1.807) is 30.1 Å². The summed E-state index contributed by atoms with van der Waals surface area (Å²) < 4.78 is 2.23. The molecule has 0 spiro atoms. The maximum atomic E-state index is 11.6. The van der Waals surface area contributed by atoms with E-state index < -0.39 is 11.5 Å². The highest BCUT2D eigenvalue weighted by atomic mass is 32.2. The Morgan fingerprint density at radius 1 is 1.52 bits per heavy atom. The molecule has 21 heavy (non-hydrogen) atoms. The molecule has 0 radical (unpaired) electrons. The number of likely N-dealkylation sites (N-methyl/N-ethyl adjacent to an activating group) is 1. The third-order valence-corrected chi connectivity index (χ3v) is 6.53. The molecule has 2 atom stereocenters. The van der Waals surface area contributed by atoms with Crippen LogP contribution in [-0.2, 0) is 4.79 Å². The van der Waals surface area contributed by atoms with Crippen molar-refractivity contribution in [3.63, 3.8) is 0 Å². The molecule has 1 saturated carbocycles. The minimum absolute atomic E-state index is 0.308. The van der Waals surface area contributed by atoms with Gasteiger partial charge in [0.2, 0.25) is 0 Å². The van der Waals surface area contributed by atoms with Crippen LogP contribution in [0.3, 0.4) is 0 Å². The first-order valence-corrected chi connectivity index (χ1v) is 8.77. The molecule has 0 amide bonds. The third kappa shape index (κ3) is 2.93. The molecule has 1 aromatic heterocycles. The number of carboxylic acid groups (broad SMARTS) is 1. The van der Waals surface area contributed by atoms with Crippen LogP contribution in [0.25, 0.3) is 10.2 Å². The molecule has 0 aliphatic heterocycles. The monoisotopic (exact) mass is 322 g/mol. The lowest BCUT2D eigenvalue weighted by Crippen LogP contribution is -2.53. The zero-order valence-electron chi connectivity index (χ0n) is 11.8. The molecule has 0 saturated heterocycles. The Kier molecular flexibility index (Phi) is 4.19. The van der Waals surface area contributed by atoms with E-state index in [0.29, 0.717) is 18.1 Å². The molecule has 1 heterocycles. The van der Waals surface area contributed by atoms with E-state index in [9.17, 15) is 9.90 Å². The van der Waals surface area contributed by atoms with Crippen molar-refractivity contribution in [2.75, 3.05) is 7.05 Å². The Bertz CT molecular complexity index is 625. The largest absolute Gasteiger partial charge is 0.480 e. The standard InChI is InChI=1S/C15H18N2O2S2/c1-16-15(13(18)19)8-4-5-10(9-15)20-14-17-11-6-2-3-7-12(11)21-14/h2-3,6-7,10,16H,4-5,8-9H2,1H3,(H,18,19). The van der Waals surface area contributed by atoms with Crippen LogP contribution in [0.4, 0.5) is 0 Å². The molecule has 2 N–H and O–H groups in total. The number of rotatable bonds is 4. The lowest BCUT2D eigenvalue weighted by molar-refractivity contribution is -0.146. The van der Waals surface area contributed by atoms with E-state index in [-0.39, 0.29) is 0 Å². The number of thiazole rings is 1. The molecule has 112 valence electrons. The van der Waals surface area contributed by atoms with Crippen LogP contribution in [-0.4, -0.2) is 33.9 Å². The van der Waals surface area contributed by atoms with Crippen LogP contribution < -0.4 is 5.32 Å². The van der Waals surface area contributed by atoms with Crippen LogP contribution in [0, 0.1) is 0 Å². The molecule has 6 heteroatoms. The van der Waals surface area contributed by atoms with E-state index in [1.165, 1.54) is 4.70 Å². The Labute approximate surface area is 132 Å². The predicted octanol–water partition coefficient (Wildman–Crippen LogP) is 3.37. The van der Waals surface area contributed by atoms with E-state index in [4.69, 9.17) is 0 Å². The summed E-state index contributed by atoms with van der Waals surface area (Å²) in [5, 5.41) is 12.8. The molecule has 3 rings (SSSR count). The second-order valence-electron chi connectivity index (χ2n) is 5.42. The number of nitrogens with one attached hydrogen (secondary N) is 1. The highest BCUT2D eigenvalue weighted by Gasteiger charge is 2.42. The molecule has 2 aromatic rings. The van der Waals surface area contributed by atoms with Crippen LogP contribution in [0.2, 0.25) is 0 Å². The second kappa shape index (κ2) is 5.94. The number of hydrogen-bond acceptors (Lipinski definition) is 5. The number of carbonyl (C=O) groups is 1. The number of para-hydroxylation sites is 1. The van der Waals surface area contributed by atoms with Gasteiger partial charge in [-0.05, 0) is 44.9 Å². The highest BCUT2D eigenvalue weighted by molar-refractivity contribution is 8.01. The third-order valence-electron chi connectivity index (χ3n) is 4.14. The van der Waals surface area contributed by atoms with Gasteiger partial charge in [-0.15, -0.1) is 11.3 Å². The maximum Gasteiger partial charge on any atom is 0.323 e. The molecule has 4 nitrogen and oxygen atoms in total. The first-order chi connectivity index (χ1) is 10.1. The van der Waals surface area contributed by atoms with Gasteiger partial charge in [0, 0.05) is 5.25 Å². The van der Waals surface area contributed by atoms with Crippen molar-refractivity contribution in [3.8, 4) is 0 Å². The van der Waals surface area contributed by atoms with Crippen molar-refractivity contribution in [1.82, 2.24) is 10.3 Å². The van der Waals surface area contributed by atoms with E-state index in [1.807, 2.05) is 18.2 Å². The number of thioether (sulfide) groups is 1. The van der Waals surface area contributed by atoms with Gasteiger partial charge in [-0.2, -0.15) is 0 Å². The van der Waals surface area contributed by atoms with Crippen LogP contribution in [0.5, 0.6) is 0 Å². The molecule has 1 aliphatic rings. The topological polar surface area (TPSA) is 62.2 Å². The smallest absolute Gasteiger partial charge is 0.323 e. The van der Waals surface area contributed by atoms with Crippen molar-refractivity contribution >= 4 is 39.3 Å². The number of fused-ring (bicyclic) bond motifs is 1. The number of benzene rings is 1. The normalized spacial score (nSPS) is 26.0. The van der Waals surface area contributed by atoms with Crippen LogP contribution in [0.1, 0.15) is 25.7 Å². The fraction of sp³-hybridized carbons (Fsp3) is 0.467. The van der Waals surface area contributed by atoms with Crippen LogP contribution in [0.15, 0.2) is 28.6 Å². The quantitative estimate of drug-likeness (QED) is 0.903. The Morgan fingerprint density at radius 2 is 2.33 bits per heavy atom. The van der Waals surface area contributed by atoms with Crippen molar-refractivity contribution < 1.29 is 9.90 Å². The van der Waals surface area contributed by atoms with Gasteiger partial charge in [-0.3, -0.25) is 4.79 Å². The summed E-state index contributed by atoms with van der Waals surface area (Å²) in [6, 6.07) is 8.11. The Morgan fingerprint density at radius 3 is 3.05 bits per heavy atom. The summed E-state index contributed by atoms with van der Waals surface area (Å²) in [5.41, 5.74) is 0.256. The first-order valence-electron chi connectivity index (χ1n) is 7.07. The van der Waals surface area contributed by atoms with Crippen molar-refractivity contribution in [3.05, 3.63) is 24.3 Å². The number of carboxylic acids is 1. The van der Waals surface area contributed by atoms with Crippen LogP contribution >= 0.6 is 23.1 Å². The highest BCUT2D eigenvalue weighted by Crippen LogP contribution is 2.40. The summed E-state index contributed by atoms with van der Waals surface area (Å²) in [7, 11) is 1.75. The lowest BCUT2D eigenvalue weighted by Gasteiger charge is -2.36. The maximum absolute atomic E-state index is 11.6. The predicted molar refractivity (Wildman–Crippen MR) is 87.2 cm³/mol. The van der Waals surface area contributed by atoms with Crippen molar-refractivity contribution in [2.24, 2.45) is 0 Å².